The fourth-order valence-corrected chi connectivity index (χ4v) is 9.43. The van der Waals surface area contributed by atoms with Crippen LogP contribution in [0.1, 0.15) is 38.8 Å². The highest BCUT2D eigenvalue weighted by Crippen LogP contribution is 2.40. The third-order valence-electron chi connectivity index (χ3n) is 9.31. The minimum Gasteiger partial charge on any atom is -0.353 e. The molecule has 0 saturated carbocycles. The summed E-state index contributed by atoms with van der Waals surface area (Å²) in [5.41, 5.74) is 1.21. The normalized spacial score (nSPS) is 21.8. The summed E-state index contributed by atoms with van der Waals surface area (Å²) in [6.07, 6.45) is -9.75. The summed E-state index contributed by atoms with van der Waals surface area (Å²) in [7, 11) is 0. The molecule has 2 aliphatic heterocycles. The van der Waals surface area contributed by atoms with Gasteiger partial charge in [-0.2, -0.15) is 26.3 Å². The number of hydrogen-bond donors (Lipinski definition) is 8. The Morgan fingerprint density at radius 1 is 0.583 bits per heavy atom. The lowest BCUT2D eigenvalue weighted by molar-refractivity contribution is -0.140. The van der Waals surface area contributed by atoms with Gasteiger partial charge in [-0.05, 0) is 38.8 Å². The lowest BCUT2D eigenvalue weighted by Gasteiger charge is -2.25. The van der Waals surface area contributed by atoms with Crippen molar-refractivity contribution < 1.29 is 55.1 Å². The van der Waals surface area contributed by atoms with Crippen LogP contribution < -0.4 is 42.5 Å². The first-order chi connectivity index (χ1) is 27.9. The van der Waals surface area contributed by atoms with Crippen molar-refractivity contribution in [3.8, 4) is 0 Å². The van der Waals surface area contributed by atoms with Gasteiger partial charge in [-0.3, -0.25) is 39.4 Å². The quantitative estimate of drug-likeness (QED) is 0.0855. The van der Waals surface area contributed by atoms with Gasteiger partial charge in [0.05, 0.1) is 23.6 Å². The van der Waals surface area contributed by atoms with Gasteiger partial charge in [-0.25, -0.2) is 0 Å². The number of thioether (sulfide) groups is 2. The number of nitrogens with one attached hydrogen (secondary N) is 8. The molecule has 2 fully saturated rings. The summed E-state index contributed by atoms with van der Waals surface area (Å²) in [6, 6.07) is 12.0. The molecule has 6 atom stereocenters. The number of hydrogen-bond acceptors (Lipinski definition) is 10. The first-order valence-electron chi connectivity index (χ1n) is 18.7. The molecule has 0 radical (unpaired) electrons. The molecule has 4 rings (SSSR count). The van der Waals surface area contributed by atoms with Gasteiger partial charge in [0.1, 0.15) is 37.3 Å². The average Bonchev–Trinajstić information content (AvgIpc) is 3.66. The minimum absolute atomic E-state index is 0.0980. The molecule has 1 unspecified atom stereocenters. The molecular weight excluding hydrogens is 843 g/mol. The summed E-state index contributed by atoms with van der Waals surface area (Å²) in [6.45, 7) is 3.24. The first kappa shape index (κ1) is 48.1. The molecule has 2 aromatic rings. The highest BCUT2D eigenvalue weighted by atomic mass is 32.2. The fourth-order valence-electron chi connectivity index (χ4n) is 6.44. The molecule has 0 bridgehead atoms. The van der Waals surface area contributed by atoms with Gasteiger partial charge in [-0.15, -0.1) is 23.5 Å². The van der Waals surface area contributed by atoms with Crippen LogP contribution in [0.4, 0.5) is 26.3 Å². The molecule has 0 spiro atoms. The maximum atomic E-state index is 13.4. The summed E-state index contributed by atoms with van der Waals surface area (Å²) >= 11 is 2.15. The van der Waals surface area contributed by atoms with Crippen molar-refractivity contribution >= 4 is 59.0 Å². The van der Waals surface area contributed by atoms with Gasteiger partial charge in [-0.1, -0.05) is 60.7 Å². The van der Waals surface area contributed by atoms with Gasteiger partial charge in [0.25, 0.3) is 0 Å². The Labute approximate surface area is 351 Å². The van der Waals surface area contributed by atoms with E-state index in [9.17, 15) is 55.1 Å². The molecule has 2 aromatic carbocycles. The fraction of sp³-hybridized carbons (Fsp3) is 0.526. The number of carbonyl (C=O) groups excluding carboxylic acids is 6. The monoisotopic (exact) mass is 890 g/mol. The van der Waals surface area contributed by atoms with Crippen molar-refractivity contribution in [3.05, 3.63) is 71.8 Å². The van der Waals surface area contributed by atoms with Gasteiger partial charge in [0, 0.05) is 22.6 Å². The Balaban J connectivity index is 1.35. The van der Waals surface area contributed by atoms with Gasteiger partial charge < -0.3 is 31.9 Å². The average molecular weight is 891 g/mol. The number of benzene rings is 2. The van der Waals surface area contributed by atoms with Crippen LogP contribution in [0.5, 0.6) is 0 Å². The number of halogens is 6. The van der Waals surface area contributed by atoms with E-state index >= 15 is 0 Å². The zero-order valence-corrected chi connectivity index (χ0v) is 34.6. The van der Waals surface area contributed by atoms with Crippen LogP contribution in [0, 0.1) is 0 Å². The van der Waals surface area contributed by atoms with Crippen LogP contribution >= 0.6 is 23.5 Å². The van der Waals surface area contributed by atoms with Crippen LogP contribution in [0.25, 0.3) is 0 Å². The third kappa shape index (κ3) is 14.6. The first-order valence-corrected chi connectivity index (χ1v) is 20.5. The lowest BCUT2D eigenvalue weighted by atomic mass is 10.0. The molecule has 14 nitrogen and oxygen atoms in total. The molecule has 6 amide bonds. The molecule has 8 N–H and O–H groups in total. The molecule has 2 aliphatic rings. The van der Waals surface area contributed by atoms with E-state index in [-0.39, 0.29) is 25.9 Å². The van der Waals surface area contributed by atoms with Crippen molar-refractivity contribution in [1.82, 2.24) is 42.5 Å². The number of carbonyl (C=O) groups is 6. The number of amides is 6. The van der Waals surface area contributed by atoms with E-state index < -0.39 is 105 Å². The Morgan fingerprint density at radius 3 is 1.23 bits per heavy atom. The van der Waals surface area contributed by atoms with E-state index in [2.05, 4.69) is 31.9 Å². The predicted molar refractivity (Wildman–Crippen MR) is 213 cm³/mol. The minimum atomic E-state index is -4.72. The highest BCUT2D eigenvalue weighted by molar-refractivity contribution is 8.01. The molecule has 2 saturated heterocycles. The van der Waals surface area contributed by atoms with Crippen LogP contribution in [-0.4, -0.2) is 118 Å². The maximum absolute atomic E-state index is 13.4. The van der Waals surface area contributed by atoms with E-state index in [0.717, 1.165) is 23.5 Å². The van der Waals surface area contributed by atoms with E-state index in [0.29, 0.717) is 11.1 Å². The largest absolute Gasteiger partial charge is 0.405 e. The second kappa shape index (κ2) is 20.3. The molecule has 0 aromatic heterocycles. The van der Waals surface area contributed by atoms with Gasteiger partial charge >= 0.3 is 12.4 Å². The van der Waals surface area contributed by atoms with Crippen molar-refractivity contribution in [2.75, 3.05) is 26.2 Å². The van der Waals surface area contributed by atoms with Crippen molar-refractivity contribution in [2.24, 2.45) is 0 Å². The van der Waals surface area contributed by atoms with Crippen molar-refractivity contribution in [2.45, 2.75) is 97.3 Å². The maximum Gasteiger partial charge on any atom is 0.405 e. The lowest BCUT2D eigenvalue weighted by Crippen LogP contribution is -2.59. The molecular formula is C38H48F6N8O6S2. The Hall–Kier alpha value is -4.54. The highest BCUT2D eigenvalue weighted by Gasteiger charge is 2.51. The van der Waals surface area contributed by atoms with Crippen LogP contribution in [0.15, 0.2) is 60.7 Å². The van der Waals surface area contributed by atoms with Crippen LogP contribution in [0.3, 0.4) is 0 Å². The van der Waals surface area contributed by atoms with Crippen LogP contribution in [-0.2, 0) is 41.6 Å². The summed E-state index contributed by atoms with van der Waals surface area (Å²) in [4.78, 5) is 78.8. The van der Waals surface area contributed by atoms with E-state index in [1.807, 2.05) is 0 Å². The van der Waals surface area contributed by atoms with E-state index in [1.54, 1.807) is 99.0 Å². The van der Waals surface area contributed by atoms with E-state index in [1.165, 1.54) is 0 Å². The zero-order valence-electron chi connectivity index (χ0n) is 33.0. The molecule has 60 heavy (non-hydrogen) atoms. The second-order valence-corrected chi connectivity index (χ2v) is 18.7. The molecule has 2 heterocycles. The number of alkyl halides is 6. The van der Waals surface area contributed by atoms with Crippen molar-refractivity contribution in [1.29, 1.82) is 0 Å². The standard InChI is InChI=1S/C38H48F6N8O6S2/c1-35(2)27(51-33(59-35)25(29(55)47-19-37(39,40)41)49-23(53)17-21-11-7-5-8-12-21)31(57)45-15-16-46-32(58)28-36(3,4)60-34(52-28)26(30(56)48-20-38(42,43)44)50-24(54)18-22-13-9-6-10-14-22/h5-14,25-28,33-34,51-52H,15-20H2,1-4H3,(H,45,57)(H,46,58)(H,47,55)(H,48,56)(H,49,53)(H,50,54)/t25-,26-,27+,28?,33-,34-/m1/s1. The van der Waals surface area contributed by atoms with Crippen LogP contribution in [0.2, 0.25) is 0 Å². The zero-order chi connectivity index (χ0) is 44.5. The summed E-state index contributed by atoms with van der Waals surface area (Å²) in [5, 5.41) is 17.9. The third-order valence-corrected chi connectivity index (χ3v) is 12.3. The molecule has 22 heteroatoms. The van der Waals surface area contributed by atoms with Crippen molar-refractivity contribution in [3.63, 3.8) is 0 Å². The summed E-state index contributed by atoms with van der Waals surface area (Å²) in [5.74, 6) is -4.61. The smallest absolute Gasteiger partial charge is 0.353 e. The molecule has 330 valence electrons. The Morgan fingerprint density at radius 2 is 0.917 bits per heavy atom. The second-order valence-electron chi connectivity index (χ2n) is 15.1. The predicted octanol–water partition coefficient (Wildman–Crippen LogP) is 1.65. The Bertz CT molecular complexity index is 1710. The topological polar surface area (TPSA) is 199 Å². The number of rotatable bonds is 17. The van der Waals surface area contributed by atoms with Gasteiger partial charge in [0.15, 0.2) is 0 Å². The van der Waals surface area contributed by atoms with E-state index in [4.69, 9.17) is 0 Å². The van der Waals surface area contributed by atoms with Gasteiger partial charge in [0.2, 0.25) is 35.4 Å². The molecule has 0 aliphatic carbocycles. The SMILES string of the molecule is CC1(C)S[C@H]([C@H](NC(=O)Cc2ccccc2)C(=O)NCC(F)(F)F)NC1C(=O)NCCNC(=O)[C@@H]1N[C@@H]([C@H](NC(=O)Cc2ccccc2)C(=O)NCC(F)(F)F)SC1(C)C. The Kier molecular flexibility index (Phi) is 16.3. The summed E-state index contributed by atoms with van der Waals surface area (Å²) < 4.78 is 76.1.